The fraction of sp³-hybridized carbons (Fsp3) is 0.556. The molecule has 0 fully saturated rings. The average molecular weight is 194 g/mol. The molecule has 1 aromatic rings. The molecular weight excluding hydrogens is 180 g/mol. The number of aromatic nitrogens is 2. The molecular formula is C9H14N4O. The van der Waals surface area contributed by atoms with Gasteiger partial charge in [-0.3, -0.25) is 9.48 Å². The molecule has 1 aliphatic rings. The summed E-state index contributed by atoms with van der Waals surface area (Å²) in [6.07, 6.45) is 3.42. The number of carbonyl (C=O) groups excluding carboxylic acids is 1. The molecule has 0 bridgehead atoms. The van der Waals surface area contributed by atoms with E-state index in [-0.39, 0.29) is 0 Å². The van der Waals surface area contributed by atoms with E-state index >= 15 is 0 Å². The molecule has 14 heavy (non-hydrogen) atoms. The Morgan fingerprint density at radius 2 is 2.50 bits per heavy atom. The van der Waals surface area contributed by atoms with E-state index in [4.69, 9.17) is 11.5 Å². The van der Waals surface area contributed by atoms with Gasteiger partial charge in [0.15, 0.2) is 0 Å². The molecule has 0 saturated carbocycles. The standard InChI is InChI=1S/C9H14N4O/c10-3-6-1-2-8-7(9(11)14)4-12-13(8)5-6/h4,6H,1-3,5,10H2,(H2,11,14)/t6-/m1/s1. The summed E-state index contributed by atoms with van der Waals surface area (Å²) in [5, 5.41) is 4.14. The summed E-state index contributed by atoms with van der Waals surface area (Å²) in [6, 6.07) is 0. The van der Waals surface area contributed by atoms with Crippen molar-refractivity contribution in [2.24, 2.45) is 17.4 Å². The summed E-state index contributed by atoms with van der Waals surface area (Å²) in [5.74, 6) is 0.0839. The Morgan fingerprint density at radius 3 is 3.14 bits per heavy atom. The second-order valence-corrected chi connectivity index (χ2v) is 3.69. The van der Waals surface area contributed by atoms with Crippen molar-refractivity contribution in [3.8, 4) is 0 Å². The molecule has 0 saturated heterocycles. The Balaban J connectivity index is 2.29. The molecule has 1 atom stereocenters. The SMILES string of the molecule is NC[C@H]1CCc2c(C(N)=O)cnn2C1. The van der Waals surface area contributed by atoms with Crippen molar-refractivity contribution in [2.75, 3.05) is 6.54 Å². The third-order valence-electron chi connectivity index (χ3n) is 2.77. The minimum Gasteiger partial charge on any atom is -0.365 e. The van der Waals surface area contributed by atoms with Crippen molar-refractivity contribution < 1.29 is 4.79 Å². The van der Waals surface area contributed by atoms with E-state index in [2.05, 4.69) is 5.10 Å². The maximum absolute atomic E-state index is 11.0. The lowest BCUT2D eigenvalue weighted by Crippen LogP contribution is -2.28. The number of hydrogen-bond donors (Lipinski definition) is 2. The van der Waals surface area contributed by atoms with Gasteiger partial charge in [-0.05, 0) is 25.3 Å². The zero-order valence-corrected chi connectivity index (χ0v) is 7.94. The predicted octanol–water partition coefficient (Wildman–Crippen LogP) is -0.497. The van der Waals surface area contributed by atoms with Crippen LogP contribution in [0.15, 0.2) is 6.20 Å². The Bertz CT molecular complexity index is 358. The summed E-state index contributed by atoms with van der Waals surface area (Å²) in [5.41, 5.74) is 12.3. The van der Waals surface area contributed by atoms with Crippen LogP contribution in [0.4, 0.5) is 0 Å². The molecule has 5 nitrogen and oxygen atoms in total. The average Bonchev–Trinajstić information content (AvgIpc) is 2.59. The van der Waals surface area contributed by atoms with Gasteiger partial charge in [0, 0.05) is 6.54 Å². The van der Waals surface area contributed by atoms with Crippen molar-refractivity contribution in [1.29, 1.82) is 0 Å². The van der Waals surface area contributed by atoms with Crippen LogP contribution in [0.5, 0.6) is 0 Å². The molecule has 0 aromatic carbocycles. The van der Waals surface area contributed by atoms with Gasteiger partial charge in [-0.1, -0.05) is 0 Å². The van der Waals surface area contributed by atoms with Gasteiger partial charge in [-0.25, -0.2) is 0 Å². The van der Waals surface area contributed by atoms with Crippen molar-refractivity contribution in [1.82, 2.24) is 9.78 Å². The number of nitrogens with two attached hydrogens (primary N) is 2. The highest BCUT2D eigenvalue weighted by molar-refractivity contribution is 5.93. The van der Waals surface area contributed by atoms with Gasteiger partial charge < -0.3 is 11.5 Å². The van der Waals surface area contributed by atoms with Gasteiger partial charge in [0.25, 0.3) is 5.91 Å². The van der Waals surface area contributed by atoms with E-state index in [0.29, 0.717) is 18.0 Å². The van der Waals surface area contributed by atoms with Crippen LogP contribution in [-0.2, 0) is 13.0 Å². The molecule has 0 radical (unpaired) electrons. The van der Waals surface area contributed by atoms with Crippen LogP contribution in [-0.4, -0.2) is 22.2 Å². The van der Waals surface area contributed by atoms with E-state index in [1.165, 1.54) is 0 Å². The fourth-order valence-electron chi connectivity index (χ4n) is 1.91. The molecule has 0 spiro atoms. The first-order chi connectivity index (χ1) is 6.72. The van der Waals surface area contributed by atoms with Crippen molar-refractivity contribution in [2.45, 2.75) is 19.4 Å². The Hall–Kier alpha value is -1.36. The van der Waals surface area contributed by atoms with E-state index in [1.807, 2.05) is 4.68 Å². The third-order valence-corrected chi connectivity index (χ3v) is 2.77. The highest BCUT2D eigenvalue weighted by atomic mass is 16.1. The fourth-order valence-corrected chi connectivity index (χ4v) is 1.91. The number of primary amides is 1. The van der Waals surface area contributed by atoms with E-state index in [1.54, 1.807) is 6.20 Å². The van der Waals surface area contributed by atoms with Crippen LogP contribution in [0.2, 0.25) is 0 Å². The molecule has 0 unspecified atom stereocenters. The normalized spacial score (nSPS) is 20.5. The minimum atomic E-state index is -0.391. The van der Waals surface area contributed by atoms with Gasteiger partial charge >= 0.3 is 0 Å². The number of carbonyl (C=O) groups is 1. The maximum atomic E-state index is 11.0. The Kier molecular flexibility index (Phi) is 2.25. The maximum Gasteiger partial charge on any atom is 0.252 e. The second-order valence-electron chi connectivity index (χ2n) is 3.69. The first-order valence-corrected chi connectivity index (χ1v) is 4.77. The summed E-state index contributed by atoms with van der Waals surface area (Å²) < 4.78 is 1.85. The predicted molar refractivity (Wildman–Crippen MR) is 51.6 cm³/mol. The van der Waals surface area contributed by atoms with E-state index in [9.17, 15) is 4.79 Å². The lowest BCUT2D eigenvalue weighted by atomic mass is 9.97. The molecule has 2 rings (SSSR count). The van der Waals surface area contributed by atoms with Crippen LogP contribution in [0.1, 0.15) is 22.5 Å². The molecule has 1 aromatic heterocycles. The van der Waals surface area contributed by atoms with E-state index < -0.39 is 5.91 Å². The smallest absolute Gasteiger partial charge is 0.252 e. The van der Waals surface area contributed by atoms with Crippen LogP contribution >= 0.6 is 0 Å². The highest BCUT2D eigenvalue weighted by Crippen LogP contribution is 2.21. The second kappa shape index (κ2) is 3.42. The number of hydrogen-bond acceptors (Lipinski definition) is 3. The number of rotatable bonds is 2. The van der Waals surface area contributed by atoms with Crippen LogP contribution in [0.25, 0.3) is 0 Å². The zero-order valence-electron chi connectivity index (χ0n) is 7.94. The summed E-state index contributed by atoms with van der Waals surface area (Å²) in [4.78, 5) is 11.0. The van der Waals surface area contributed by atoms with E-state index in [0.717, 1.165) is 25.1 Å². The summed E-state index contributed by atoms with van der Waals surface area (Å²) in [6.45, 7) is 1.48. The molecule has 1 aliphatic heterocycles. The van der Waals surface area contributed by atoms with Crippen LogP contribution < -0.4 is 11.5 Å². The lowest BCUT2D eigenvalue weighted by Gasteiger charge is -2.22. The van der Waals surface area contributed by atoms with Crippen LogP contribution in [0.3, 0.4) is 0 Å². The first kappa shape index (κ1) is 9.21. The molecule has 1 amide bonds. The lowest BCUT2D eigenvalue weighted by molar-refractivity contribution is 0.0998. The van der Waals surface area contributed by atoms with Gasteiger partial charge in [-0.2, -0.15) is 5.10 Å². The first-order valence-electron chi connectivity index (χ1n) is 4.77. The third kappa shape index (κ3) is 1.39. The van der Waals surface area contributed by atoms with Gasteiger partial charge in [0.2, 0.25) is 0 Å². The van der Waals surface area contributed by atoms with Crippen molar-refractivity contribution >= 4 is 5.91 Å². The number of amides is 1. The highest BCUT2D eigenvalue weighted by Gasteiger charge is 2.22. The van der Waals surface area contributed by atoms with Crippen molar-refractivity contribution in [3.05, 3.63) is 17.5 Å². The molecule has 0 aliphatic carbocycles. The Labute approximate surface area is 82.1 Å². The largest absolute Gasteiger partial charge is 0.365 e. The number of fused-ring (bicyclic) bond motifs is 1. The van der Waals surface area contributed by atoms with Gasteiger partial charge in [0.05, 0.1) is 17.5 Å². The van der Waals surface area contributed by atoms with Crippen LogP contribution in [0, 0.1) is 5.92 Å². The minimum absolute atomic E-state index is 0.391. The quantitative estimate of drug-likeness (QED) is 0.665. The summed E-state index contributed by atoms with van der Waals surface area (Å²) in [7, 11) is 0. The summed E-state index contributed by atoms with van der Waals surface area (Å²) >= 11 is 0. The molecule has 5 heteroatoms. The number of nitrogens with zero attached hydrogens (tertiary/aromatic N) is 2. The van der Waals surface area contributed by atoms with Gasteiger partial charge in [-0.15, -0.1) is 0 Å². The molecule has 76 valence electrons. The molecule has 2 heterocycles. The topological polar surface area (TPSA) is 86.9 Å². The monoisotopic (exact) mass is 194 g/mol. The van der Waals surface area contributed by atoms with Crippen molar-refractivity contribution in [3.63, 3.8) is 0 Å². The van der Waals surface area contributed by atoms with Gasteiger partial charge in [0.1, 0.15) is 0 Å². The Morgan fingerprint density at radius 1 is 1.71 bits per heavy atom. The zero-order chi connectivity index (χ0) is 10.1. The molecule has 4 N–H and O–H groups in total.